The van der Waals surface area contributed by atoms with Crippen LogP contribution in [0.15, 0.2) is 72.9 Å². The minimum absolute atomic E-state index is 0.0454. The number of hydrogen-bond acceptors (Lipinski definition) is 14. The van der Waals surface area contributed by atoms with Gasteiger partial charge in [0.05, 0.1) is 26.4 Å². The van der Waals surface area contributed by atoms with Crippen molar-refractivity contribution in [1.29, 1.82) is 0 Å². The van der Waals surface area contributed by atoms with Gasteiger partial charge in [-0.3, -0.25) is 4.79 Å². The number of aliphatic hydroxyl groups excluding tert-OH is 7. The van der Waals surface area contributed by atoms with Crippen LogP contribution in [0.2, 0.25) is 0 Å². The molecule has 0 spiro atoms. The number of aliphatic hydroxyl groups is 7. The molecule has 2 aliphatic heterocycles. The van der Waals surface area contributed by atoms with Gasteiger partial charge in [-0.05, 0) is 83.5 Å². The van der Waals surface area contributed by atoms with Gasteiger partial charge in [0.2, 0.25) is 0 Å². The summed E-state index contributed by atoms with van der Waals surface area (Å²) in [6, 6.07) is 0. The van der Waals surface area contributed by atoms with Gasteiger partial charge in [-0.15, -0.1) is 0 Å². The molecule has 0 aromatic rings. The molecule has 14 nitrogen and oxygen atoms in total. The molecule has 0 amide bonds. The second-order valence-electron chi connectivity index (χ2n) is 18.0. The lowest BCUT2D eigenvalue weighted by Crippen LogP contribution is -2.61. The number of esters is 1. The Bertz CT molecular complexity index is 1400. The molecule has 392 valence electrons. The van der Waals surface area contributed by atoms with E-state index >= 15 is 0 Å². The van der Waals surface area contributed by atoms with Crippen molar-refractivity contribution >= 4 is 5.97 Å². The van der Waals surface area contributed by atoms with E-state index in [0.717, 1.165) is 89.9 Å². The second-order valence-corrected chi connectivity index (χ2v) is 18.0. The van der Waals surface area contributed by atoms with E-state index in [1.807, 2.05) is 0 Å². The smallest absolute Gasteiger partial charge is 0.306 e. The third-order valence-corrected chi connectivity index (χ3v) is 11.9. The molecule has 0 aromatic carbocycles. The van der Waals surface area contributed by atoms with E-state index in [-0.39, 0.29) is 19.6 Å². The maximum absolute atomic E-state index is 13.0. The van der Waals surface area contributed by atoms with E-state index in [1.165, 1.54) is 44.9 Å². The molecule has 7 N–H and O–H groups in total. The van der Waals surface area contributed by atoms with E-state index < -0.39 is 86.7 Å². The summed E-state index contributed by atoms with van der Waals surface area (Å²) in [7, 11) is 0. The molecule has 11 unspecified atom stereocenters. The van der Waals surface area contributed by atoms with Crippen LogP contribution in [0.3, 0.4) is 0 Å². The number of carbonyl (C=O) groups is 1. The van der Waals surface area contributed by atoms with Crippen LogP contribution in [0.1, 0.15) is 162 Å². The monoisotopic (exact) mass is 965 g/mol. The van der Waals surface area contributed by atoms with E-state index in [9.17, 15) is 40.5 Å². The zero-order valence-corrected chi connectivity index (χ0v) is 41.6. The first-order valence-electron chi connectivity index (χ1n) is 26.0. The van der Waals surface area contributed by atoms with E-state index in [1.54, 1.807) is 0 Å². The van der Waals surface area contributed by atoms with Crippen LogP contribution in [0.4, 0.5) is 0 Å². The fourth-order valence-electron chi connectivity index (χ4n) is 7.72. The van der Waals surface area contributed by atoms with Crippen molar-refractivity contribution in [3.8, 4) is 0 Å². The third kappa shape index (κ3) is 28.3. The number of hydrogen-bond donors (Lipinski definition) is 7. The first-order chi connectivity index (χ1) is 33.1. The van der Waals surface area contributed by atoms with Crippen molar-refractivity contribution in [3.05, 3.63) is 72.9 Å². The summed E-state index contributed by atoms with van der Waals surface area (Å²) < 4.78 is 34.2. The van der Waals surface area contributed by atoms with E-state index in [0.29, 0.717) is 13.0 Å². The lowest BCUT2D eigenvalue weighted by molar-refractivity contribution is -0.332. The molecule has 11 atom stereocenters. The van der Waals surface area contributed by atoms with Gasteiger partial charge >= 0.3 is 5.97 Å². The van der Waals surface area contributed by atoms with Crippen LogP contribution in [0, 0.1) is 0 Å². The summed E-state index contributed by atoms with van der Waals surface area (Å²) in [5.74, 6) is -0.400. The molecule has 2 aliphatic rings. The van der Waals surface area contributed by atoms with Gasteiger partial charge in [-0.25, -0.2) is 0 Å². The SMILES string of the molecule is CC/C=C\C/C=C\C/C=C\C/C=C\C/C=C\CCCCCCCC(=O)OC(COCCCCCCCC/C=C\CCCCC)COC1OC(COC2OC(CO)C(O)C(O)C2O)C(O)C(O)C1O. The minimum atomic E-state index is -1.71. The molecule has 0 radical (unpaired) electrons. The standard InChI is InChI=1S/C54H92O14/c1-3-5-7-9-11-13-15-17-18-19-20-21-22-23-24-25-27-29-31-33-35-37-46(56)66-43(40-63-38-36-34-32-30-28-26-16-14-12-10-8-6-4-2)41-64-53-52(62)50(60)48(58)45(68-53)42-65-54-51(61)49(59)47(57)44(39-55)67-54/h5,7,11-14,17-18,20-21,23-24,43-45,47-55,57-62H,3-4,6,8-10,15-16,19,22,25-42H2,1-2H3/b7-5-,13-11-,14-12-,18-17-,21-20-,24-23-. The predicted molar refractivity (Wildman–Crippen MR) is 265 cm³/mol. The van der Waals surface area contributed by atoms with Crippen LogP contribution in [0.5, 0.6) is 0 Å². The maximum atomic E-state index is 13.0. The largest absolute Gasteiger partial charge is 0.457 e. The average molecular weight is 965 g/mol. The number of carbonyl (C=O) groups excluding carboxylic acids is 1. The molecule has 68 heavy (non-hydrogen) atoms. The summed E-state index contributed by atoms with van der Waals surface area (Å²) >= 11 is 0. The van der Waals surface area contributed by atoms with Gasteiger partial charge in [0.1, 0.15) is 54.9 Å². The number of ether oxygens (including phenoxy) is 6. The van der Waals surface area contributed by atoms with Gasteiger partial charge in [0.15, 0.2) is 12.6 Å². The highest BCUT2D eigenvalue weighted by Crippen LogP contribution is 2.26. The zero-order chi connectivity index (χ0) is 49.5. The molecule has 0 aliphatic carbocycles. The summed E-state index contributed by atoms with van der Waals surface area (Å²) in [5.41, 5.74) is 0. The fourth-order valence-corrected chi connectivity index (χ4v) is 7.72. The van der Waals surface area contributed by atoms with Crippen LogP contribution in [0.25, 0.3) is 0 Å². The van der Waals surface area contributed by atoms with Gasteiger partial charge < -0.3 is 64.2 Å². The van der Waals surface area contributed by atoms with Crippen molar-refractivity contribution in [2.75, 3.05) is 33.0 Å². The summed E-state index contributed by atoms with van der Waals surface area (Å²) in [6.45, 7) is 3.49. The zero-order valence-electron chi connectivity index (χ0n) is 41.6. The van der Waals surface area contributed by atoms with Crippen LogP contribution in [-0.2, 0) is 33.2 Å². The van der Waals surface area contributed by atoms with E-state index in [2.05, 4.69) is 86.8 Å². The highest BCUT2D eigenvalue weighted by molar-refractivity contribution is 5.69. The Morgan fingerprint density at radius 1 is 0.500 bits per heavy atom. The normalized spacial score (nSPS) is 26.5. The van der Waals surface area contributed by atoms with Crippen LogP contribution < -0.4 is 0 Å². The molecule has 0 saturated carbocycles. The molecule has 2 saturated heterocycles. The number of unbranched alkanes of at least 4 members (excludes halogenated alkanes) is 14. The van der Waals surface area contributed by atoms with Crippen LogP contribution in [-0.4, -0.2) is 142 Å². The average Bonchev–Trinajstić information content (AvgIpc) is 3.33. The molecular weight excluding hydrogens is 873 g/mol. The van der Waals surface area contributed by atoms with Gasteiger partial charge in [-0.2, -0.15) is 0 Å². The Hall–Kier alpha value is -2.57. The Morgan fingerprint density at radius 2 is 0.956 bits per heavy atom. The topological polar surface area (TPSA) is 214 Å². The van der Waals surface area contributed by atoms with Crippen LogP contribution >= 0.6 is 0 Å². The Kier molecular flexibility index (Phi) is 37.2. The lowest BCUT2D eigenvalue weighted by atomic mass is 9.98. The maximum Gasteiger partial charge on any atom is 0.306 e. The van der Waals surface area contributed by atoms with Gasteiger partial charge in [-0.1, -0.05) is 145 Å². The molecule has 2 fully saturated rings. The van der Waals surface area contributed by atoms with Gasteiger partial charge in [0, 0.05) is 13.0 Å². The minimum Gasteiger partial charge on any atom is -0.457 e. The van der Waals surface area contributed by atoms with Gasteiger partial charge in [0.25, 0.3) is 0 Å². The highest BCUT2D eigenvalue weighted by Gasteiger charge is 2.47. The fraction of sp³-hybridized carbons (Fsp3) is 0.759. The lowest BCUT2D eigenvalue weighted by Gasteiger charge is -2.42. The molecule has 14 heteroatoms. The predicted octanol–water partition coefficient (Wildman–Crippen LogP) is 7.90. The number of allylic oxidation sites excluding steroid dienone is 12. The number of rotatable bonds is 40. The van der Waals surface area contributed by atoms with E-state index in [4.69, 9.17) is 28.4 Å². The summed E-state index contributed by atoms with van der Waals surface area (Å²) in [4.78, 5) is 13.0. The molecule has 0 aromatic heterocycles. The van der Waals surface area contributed by atoms with Crippen molar-refractivity contribution in [2.24, 2.45) is 0 Å². The Balaban J connectivity index is 1.77. The first kappa shape index (κ1) is 61.5. The van der Waals surface area contributed by atoms with Crippen molar-refractivity contribution in [1.82, 2.24) is 0 Å². The summed E-state index contributed by atoms with van der Waals surface area (Å²) in [5, 5.41) is 72.1. The quantitative estimate of drug-likeness (QED) is 0.0177. The summed E-state index contributed by atoms with van der Waals surface area (Å²) in [6.07, 6.45) is 33.9. The highest BCUT2D eigenvalue weighted by atomic mass is 16.7. The second kappa shape index (κ2) is 41.1. The Labute approximate surface area is 408 Å². The molecule has 2 heterocycles. The van der Waals surface area contributed by atoms with Crippen molar-refractivity contribution in [3.63, 3.8) is 0 Å². The van der Waals surface area contributed by atoms with Crippen molar-refractivity contribution in [2.45, 2.75) is 229 Å². The molecule has 2 rings (SSSR count). The third-order valence-electron chi connectivity index (χ3n) is 11.9. The molecule has 0 bridgehead atoms. The first-order valence-corrected chi connectivity index (χ1v) is 26.0. The Morgan fingerprint density at radius 3 is 1.51 bits per heavy atom. The molecular formula is C54H92O14. The van der Waals surface area contributed by atoms with Crippen molar-refractivity contribution < 1.29 is 69.0 Å².